The number of hydrogen-bond acceptors (Lipinski definition) is 4. The van der Waals surface area contributed by atoms with Crippen LogP contribution in [0.4, 0.5) is 10.3 Å². The highest BCUT2D eigenvalue weighted by Gasteiger charge is 2.15. The maximum atomic E-state index is 14.8. The van der Waals surface area contributed by atoms with Gasteiger partial charge < -0.3 is 5.73 Å². The van der Waals surface area contributed by atoms with E-state index in [1.165, 1.54) is 6.07 Å². The second kappa shape index (κ2) is 6.11. The molecule has 0 aliphatic heterocycles. The molecule has 0 amide bonds. The molecule has 2 heterocycles. The predicted octanol–water partition coefficient (Wildman–Crippen LogP) is 4.73. The Morgan fingerprint density at radius 1 is 0.840 bits per heavy atom. The van der Waals surface area contributed by atoms with E-state index in [0.29, 0.717) is 22.3 Å². The van der Waals surface area contributed by atoms with Crippen molar-refractivity contribution >= 4 is 28.6 Å². The molecule has 2 aromatic heterocycles. The van der Waals surface area contributed by atoms with E-state index in [1.54, 1.807) is 18.2 Å². The van der Waals surface area contributed by atoms with E-state index in [1.807, 2.05) is 36.4 Å². The second-order valence-corrected chi connectivity index (χ2v) is 5.88. The largest absolute Gasteiger partial charge is 0.368 e. The maximum Gasteiger partial charge on any atom is 0.221 e. The minimum absolute atomic E-state index is 0.0539. The second-order valence-electron chi connectivity index (χ2n) is 5.49. The highest BCUT2D eigenvalue weighted by molar-refractivity contribution is 6.29. The molecule has 0 atom stereocenters. The molecule has 0 fully saturated rings. The highest BCUT2D eigenvalue weighted by atomic mass is 35.5. The molecule has 0 spiro atoms. The standard InChI is InChI=1S/C19H12ClFN4/c20-16-9-8-15-18(24-16)17(25-19(22)23-15)13-7-6-12(10-14(13)21)11-4-2-1-3-5-11/h1-10H,(H2,22,23,25). The van der Waals surface area contributed by atoms with Crippen LogP contribution in [0.2, 0.25) is 5.15 Å². The topological polar surface area (TPSA) is 64.7 Å². The van der Waals surface area contributed by atoms with E-state index in [2.05, 4.69) is 15.0 Å². The van der Waals surface area contributed by atoms with Gasteiger partial charge in [0.25, 0.3) is 0 Å². The first kappa shape index (κ1) is 15.5. The molecular formula is C19H12ClFN4. The number of benzene rings is 2. The summed E-state index contributed by atoms with van der Waals surface area (Å²) in [4.78, 5) is 12.5. The minimum Gasteiger partial charge on any atom is -0.368 e. The van der Waals surface area contributed by atoms with Crippen LogP contribution in [-0.4, -0.2) is 15.0 Å². The van der Waals surface area contributed by atoms with Gasteiger partial charge in [0.05, 0.1) is 5.52 Å². The lowest BCUT2D eigenvalue weighted by molar-refractivity contribution is 0.631. The molecule has 4 aromatic rings. The maximum absolute atomic E-state index is 14.8. The van der Waals surface area contributed by atoms with Gasteiger partial charge in [0.1, 0.15) is 22.2 Å². The number of pyridine rings is 1. The van der Waals surface area contributed by atoms with Gasteiger partial charge in [-0.05, 0) is 35.4 Å². The monoisotopic (exact) mass is 350 g/mol. The van der Waals surface area contributed by atoms with Crippen LogP contribution in [-0.2, 0) is 0 Å². The Labute approximate surface area is 148 Å². The smallest absolute Gasteiger partial charge is 0.221 e. The van der Waals surface area contributed by atoms with Gasteiger partial charge in [-0.3, -0.25) is 0 Å². The third-order valence-corrected chi connectivity index (χ3v) is 4.07. The normalized spacial score (nSPS) is 11.0. The highest BCUT2D eigenvalue weighted by Crippen LogP contribution is 2.31. The SMILES string of the molecule is Nc1nc(-c2ccc(-c3ccccc3)cc2F)c2nc(Cl)ccc2n1. The van der Waals surface area contributed by atoms with Crippen molar-refractivity contribution in [3.63, 3.8) is 0 Å². The fraction of sp³-hybridized carbons (Fsp3) is 0. The fourth-order valence-electron chi connectivity index (χ4n) is 2.71. The third-order valence-electron chi connectivity index (χ3n) is 3.86. The van der Waals surface area contributed by atoms with Crippen molar-refractivity contribution < 1.29 is 4.39 Å². The molecular weight excluding hydrogens is 339 g/mol. The first-order valence-electron chi connectivity index (χ1n) is 7.57. The Bertz CT molecular complexity index is 1080. The van der Waals surface area contributed by atoms with Gasteiger partial charge in [-0.25, -0.2) is 19.3 Å². The Morgan fingerprint density at radius 3 is 2.40 bits per heavy atom. The fourth-order valence-corrected chi connectivity index (χ4v) is 2.86. The lowest BCUT2D eigenvalue weighted by Crippen LogP contribution is -2.00. The van der Waals surface area contributed by atoms with Crippen molar-refractivity contribution in [2.24, 2.45) is 0 Å². The van der Waals surface area contributed by atoms with Gasteiger partial charge >= 0.3 is 0 Å². The summed E-state index contributed by atoms with van der Waals surface area (Å²) in [5.41, 5.74) is 9.02. The predicted molar refractivity (Wildman–Crippen MR) is 97.6 cm³/mol. The molecule has 6 heteroatoms. The van der Waals surface area contributed by atoms with Crippen molar-refractivity contribution in [1.29, 1.82) is 0 Å². The summed E-state index contributed by atoms with van der Waals surface area (Å²) in [6.45, 7) is 0. The Morgan fingerprint density at radius 2 is 1.64 bits per heavy atom. The quantitative estimate of drug-likeness (QED) is 0.531. The summed E-state index contributed by atoms with van der Waals surface area (Å²) >= 11 is 5.97. The summed E-state index contributed by atoms with van der Waals surface area (Å²) in [6.07, 6.45) is 0. The number of aromatic nitrogens is 3. The summed E-state index contributed by atoms with van der Waals surface area (Å²) in [6, 6.07) is 17.8. The van der Waals surface area contributed by atoms with Crippen LogP contribution < -0.4 is 5.73 Å². The number of fused-ring (bicyclic) bond motifs is 1. The van der Waals surface area contributed by atoms with Crippen molar-refractivity contribution in [3.8, 4) is 22.4 Å². The molecule has 0 aliphatic rings. The molecule has 25 heavy (non-hydrogen) atoms. The average Bonchev–Trinajstić information content (AvgIpc) is 2.62. The van der Waals surface area contributed by atoms with E-state index in [4.69, 9.17) is 17.3 Å². The van der Waals surface area contributed by atoms with Crippen LogP contribution in [0, 0.1) is 5.82 Å². The van der Waals surface area contributed by atoms with Crippen LogP contribution >= 0.6 is 11.6 Å². The molecule has 2 N–H and O–H groups in total. The summed E-state index contributed by atoms with van der Waals surface area (Å²) in [7, 11) is 0. The minimum atomic E-state index is -0.414. The van der Waals surface area contributed by atoms with E-state index in [9.17, 15) is 4.39 Å². The molecule has 122 valence electrons. The van der Waals surface area contributed by atoms with Crippen LogP contribution in [0.15, 0.2) is 60.7 Å². The molecule has 4 rings (SSSR count). The zero-order valence-electron chi connectivity index (χ0n) is 12.9. The first-order valence-corrected chi connectivity index (χ1v) is 7.95. The number of rotatable bonds is 2. The van der Waals surface area contributed by atoms with E-state index < -0.39 is 5.82 Å². The summed E-state index contributed by atoms with van der Waals surface area (Å²) in [5, 5.41) is 0.281. The van der Waals surface area contributed by atoms with Gasteiger partial charge in [-0.1, -0.05) is 48.0 Å². The van der Waals surface area contributed by atoms with Crippen LogP contribution in [0.25, 0.3) is 33.4 Å². The van der Waals surface area contributed by atoms with Crippen molar-refractivity contribution in [1.82, 2.24) is 15.0 Å². The number of anilines is 1. The van der Waals surface area contributed by atoms with Crippen molar-refractivity contribution in [2.45, 2.75) is 0 Å². The summed E-state index contributed by atoms with van der Waals surface area (Å²) in [5.74, 6) is -0.360. The number of halogens is 2. The third kappa shape index (κ3) is 2.90. The number of nitrogen functional groups attached to an aromatic ring is 1. The Kier molecular flexibility index (Phi) is 3.78. The van der Waals surface area contributed by atoms with Crippen LogP contribution in [0.1, 0.15) is 0 Å². The van der Waals surface area contributed by atoms with E-state index in [0.717, 1.165) is 11.1 Å². The van der Waals surface area contributed by atoms with Gasteiger partial charge in [0.15, 0.2) is 0 Å². The van der Waals surface area contributed by atoms with Crippen molar-refractivity contribution in [2.75, 3.05) is 5.73 Å². The lowest BCUT2D eigenvalue weighted by Gasteiger charge is -2.09. The first-order chi connectivity index (χ1) is 12.1. The molecule has 0 bridgehead atoms. The molecule has 0 aliphatic carbocycles. The molecule has 0 saturated heterocycles. The average molecular weight is 351 g/mol. The van der Waals surface area contributed by atoms with Gasteiger partial charge in [-0.15, -0.1) is 0 Å². The number of hydrogen-bond donors (Lipinski definition) is 1. The van der Waals surface area contributed by atoms with Crippen molar-refractivity contribution in [3.05, 3.63) is 71.6 Å². The number of nitrogens with zero attached hydrogens (tertiary/aromatic N) is 3. The van der Waals surface area contributed by atoms with E-state index in [-0.39, 0.29) is 11.1 Å². The zero-order chi connectivity index (χ0) is 17.4. The zero-order valence-corrected chi connectivity index (χ0v) is 13.7. The molecule has 4 nitrogen and oxygen atoms in total. The van der Waals surface area contributed by atoms with Crippen LogP contribution in [0.3, 0.4) is 0 Å². The van der Waals surface area contributed by atoms with E-state index >= 15 is 0 Å². The molecule has 0 radical (unpaired) electrons. The lowest BCUT2D eigenvalue weighted by atomic mass is 10.0. The Balaban J connectivity index is 1.91. The number of nitrogens with two attached hydrogens (primary N) is 1. The molecule has 0 unspecified atom stereocenters. The van der Waals surface area contributed by atoms with Gasteiger partial charge in [0.2, 0.25) is 5.95 Å². The summed E-state index contributed by atoms with van der Waals surface area (Å²) < 4.78 is 14.8. The molecule has 0 saturated carbocycles. The van der Waals surface area contributed by atoms with Gasteiger partial charge in [0, 0.05) is 5.56 Å². The molecule has 2 aromatic carbocycles. The Hall–Kier alpha value is -3.05. The van der Waals surface area contributed by atoms with Crippen LogP contribution in [0.5, 0.6) is 0 Å². The van der Waals surface area contributed by atoms with Gasteiger partial charge in [-0.2, -0.15) is 0 Å².